The molecule has 0 bridgehead atoms. The zero-order chi connectivity index (χ0) is 22.6. The topological polar surface area (TPSA) is 34.2 Å². The van der Waals surface area contributed by atoms with Crippen LogP contribution in [0.5, 0.6) is 17.2 Å². The van der Waals surface area contributed by atoms with E-state index in [0.717, 1.165) is 43.4 Å². The molecule has 0 aliphatic carbocycles. The Balaban J connectivity index is 1.34. The molecule has 0 aromatic heterocycles. The van der Waals surface area contributed by atoms with Crippen LogP contribution >= 0.6 is 0 Å². The molecule has 0 saturated carbocycles. The van der Waals surface area contributed by atoms with Gasteiger partial charge in [-0.15, -0.1) is 0 Å². The van der Waals surface area contributed by atoms with Gasteiger partial charge < -0.3 is 19.1 Å². The number of fused-ring (bicyclic) bond motifs is 3. The Morgan fingerprint density at radius 3 is 2.45 bits per heavy atom. The van der Waals surface area contributed by atoms with E-state index in [1.807, 2.05) is 12.1 Å². The van der Waals surface area contributed by atoms with E-state index >= 15 is 0 Å². The van der Waals surface area contributed by atoms with E-state index in [9.17, 15) is 0 Å². The minimum Gasteiger partial charge on any atom is -0.497 e. The number of hydrogen-bond donors (Lipinski definition) is 0. The summed E-state index contributed by atoms with van der Waals surface area (Å²) in [5, 5.41) is 0. The van der Waals surface area contributed by atoms with Gasteiger partial charge in [0.25, 0.3) is 0 Å². The lowest BCUT2D eigenvalue weighted by Crippen LogP contribution is -2.34. The Labute approximate surface area is 198 Å². The predicted molar refractivity (Wildman–Crippen MR) is 132 cm³/mol. The predicted octanol–water partition coefficient (Wildman–Crippen LogP) is 5.24. The zero-order valence-electron chi connectivity index (χ0n) is 20.2. The van der Waals surface area contributed by atoms with Crippen LogP contribution in [0.25, 0.3) is 0 Å². The maximum Gasteiger partial charge on any atom is 0.126 e. The number of methoxy groups -OCH3 is 2. The molecular formula is C28H38N2O3. The second kappa shape index (κ2) is 10.4. The van der Waals surface area contributed by atoms with Crippen LogP contribution in [0.15, 0.2) is 36.4 Å². The second-order valence-electron chi connectivity index (χ2n) is 9.71. The lowest BCUT2D eigenvalue weighted by molar-refractivity contribution is 0.204. The van der Waals surface area contributed by atoms with Crippen molar-refractivity contribution in [3.05, 3.63) is 53.1 Å². The molecule has 5 rings (SSSR count). The van der Waals surface area contributed by atoms with Crippen molar-refractivity contribution >= 4 is 0 Å². The van der Waals surface area contributed by atoms with Crippen LogP contribution < -0.4 is 14.2 Å². The van der Waals surface area contributed by atoms with Crippen LogP contribution in [0.4, 0.5) is 0 Å². The fourth-order valence-corrected chi connectivity index (χ4v) is 6.01. The summed E-state index contributed by atoms with van der Waals surface area (Å²) < 4.78 is 17.4. The summed E-state index contributed by atoms with van der Waals surface area (Å²) in [4.78, 5) is 5.24. The molecule has 2 atom stereocenters. The van der Waals surface area contributed by atoms with Gasteiger partial charge in [-0.25, -0.2) is 0 Å². The molecule has 2 aromatic rings. The lowest BCUT2D eigenvalue weighted by Gasteiger charge is -2.38. The van der Waals surface area contributed by atoms with Gasteiger partial charge in [0.2, 0.25) is 0 Å². The molecule has 0 amide bonds. The summed E-state index contributed by atoms with van der Waals surface area (Å²) in [5.74, 6) is 3.05. The van der Waals surface area contributed by atoms with Crippen LogP contribution in [0.1, 0.15) is 67.2 Å². The highest BCUT2D eigenvalue weighted by Crippen LogP contribution is 2.47. The van der Waals surface area contributed by atoms with Crippen LogP contribution in [0, 0.1) is 0 Å². The number of hydrogen-bond acceptors (Lipinski definition) is 5. The molecule has 0 N–H and O–H groups in total. The summed E-state index contributed by atoms with van der Waals surface area (Å²) in [7, 11) is 3.45. The molecule has 3 aliphatic heterocycles. The van der Waals surface area contributed by atoms with Crippen molar-refractivity contribution in [3.8, 4) is 17.2 Å². The number of rotatable bonds is 8. The van der Waals surface area contributed by atoms with Crippen molar-refractivity contribution in [2.75, 3.05) is 53.6 Å². The Morgan fingerprint density at radius 2 is 1.64 bits per heavy atom. The molecule has 3 aliphatic rings. The highest BCUT2D eigenvalue weighted by molar-refractivity contribution is 5.51. The fourth-order valence-electron chi connectivity index (χ4n) is 6.01. The van der Waals surface area contributed by atoms with Crippen LogP contribution in [-0.4, -0.2) is 63.4 Å². The second-order valence-corrected chi connectivity index (χ2v) is 9.71. The van der Waals surface area contributed by atoms with Gasteiger partial charge in [0.15, 0.2) is 0 Å². The Bertz CT molecular complexity index is 941. The first-order valence-electron chi connectivity index (χ1n) is 12.7. The van der Waals surface area contributed by atoms with Gasteiger partial charge in [-0.1, -0.05) is 18.6 Å². The maximum absolute atomic E-state index is 6.24. The SMILES string of the molecule is COc1ccc([C@@H]2CN3CCC[C@@H]3c3cc(OCCCN4CCCCC4)ccc32)c(OC)c1. The van der Waals surface area contributed by atoms with E-state index < -0.39 is 0 Å². The Hall–Kier alpha value is -2.24. The normalized spacial score (nSPS) is 23.1. The first kappa shape index (κ1) is 22.5. The summed E-state index contributed by atoms with van der Waals surface area (Å²) >= 11 is 0. The first-order chi connectivity index (χ1) is 16.3. The van der Waals surface area contributed by atoms with Crippen LogP contribution in [0.3, 0.4) is 0 Å². The van der Waals surface area contributed by atoms with E-state index in [-0.39, 0.29) is 0 Å². The van der Waals surface area contributed by atoms with E-state index in [0.29, 0.717) is 12.0 Å². The van der Waals surface area contributed by atoms with E-state index in [1.165, 1.54) is 68.4 Å². The number of piperidine rings is 1. The Morgan fingerprint density at radius 1 is 0.818 bits per heavy atom. The highest BCUT2D eigenvalue weighted by atomic mass is 16.5. The highest BCUT2D eigenvalue weighted by Gasteiger charge is 2.37. The van der Waals surface area contributed by atoms with E-state index in [2.05, 4.69) is 34.1 Å². The Kier molecular flexibility index (Phi) is 7.07. The van der Waals surface area contributed by atoms with Crippen molar-refractivity contribution in [1.29, 1.82) is 0 Å². The monoisotopic (exact) mass is 450 g/mol. The standard InChI is InChI=1S/C28H38N2O3/c1-31-21-9-12-24(28(19-21)32-2)26-20-30-16-6-8-27(30)25-18-22(10-11-23(25)26)33-17-7-15-29-13-4-3-5-14-29/h9-12,18-19,26-27H,3-8,13-17,20H2,1-2H3/t26-,27-/m1/s1. The number of ether oxygens (including phenoxy) is 3. The number of likely N-dealkylation sites (tertiary alicyclic amines) is 1. The quantitative estimate of drug-likeness (QED) is 0.514. The first-order valence-corrected chi connectivity index (χ1v) is 12.7. The van der Waals surface area contributed by atoms with Gasteiger partial charge in [-0.3, -0.25) is 4.90 Å². The lowest BCUT2D eigenvalue weighted by atomic mass is 9.81. The van der Waals surface area contributed by atoms with Gasteiger partial charge in [0.05, 0.1) is 20.8 Å². The van der Waals surface area contributed by atoms with Crippen molar-refractivity contribution in [2.24, 2.45) is 0 Å². The minimum absolute atomic E-state index is 0.295. The van der Waals surface area contributed by atoms with Crippen molar-refractivity contribution in [1.82, 2.24) is 9.80 Å². The molecule has 0 radical (unpaired) electrons. The number of nitrogens with zero attached hydrogens (tertiary/aromatic N) is 2. The fraction of sp³-hybridized carbons (Fsp3) is 0.571. The summed E-state index contributed by atoms with van der Waals surface area (Å²) in [6.07, 6.45) is 7.69. The van der Waals surface area contributed by atoms with Gasteiger partial charge in [-0.2, -0.15) is 0 Å². The summed E-state index contributed by atoms with van der Waals surface area (Å²) in [5.41, 5.74) is 4.09. The van der Waals surface area contributed by atoms with Gasteiger partial charge in [0.1, 0.15) is 17.2 Å². The molecular weight excluding hydrogens is 412 g/mol. The minimum atomic E-state index is 0.295. The molecule has 3 heterocycles. The molecule has 2 fully saturated rings. The average Bonchev–Trinajstić information content (AvgIpc) is 3.35. The summed E-state index contributed by atoms with van der Waals surface area (Å²) in [6.45, 7) is 6.66. The molecule has 0 unspecified atom stereocenters. The van der Waals surface area contributed by atoms with Gasteiger partial charge >= 0.3 is 0 Å². The molecule has 2 saturated heterocycles. The third kappa shape index (κ3) is 4.85. The van der Waals surface area contributed by atoms with Crippen LogP contribution in [-0.2, 0) is 0 Å². The smallest absolute Gasteiger partial charge is 0.126 e. The van der Waals surface area contributed by atoms with Crippen molar-refractivity contribution < 1.29 is 14.2 Å². The van der Waals surface area contributed by atoms with Crippen molar-refractivity contribution in [2.45, 2.75) is 50.5 Å². The van der Waals surface area contributed by atoms with E-state index in [1.54, 1.807) is 14.2 Å². The van der Waals surface area contributed by atoms with Gasteiger partial charge in [-0.05, 0) is 81.1 Å². The third-order valence-corrected chi connectivity index (χ3v) is 7.73. The van der Waals surface area contributed by atoms with Gasteiger partial charge in [0, 0.05) is 36.7 Å². The molecule has 2 aromatic carbocycles. The molecule has 5 nitrogen and oxygen atoms in total. The largest absolute Gasteiger partial charge is 0.497 e. The van der Waals surface area contributed by atoms with Crippen molar-refractivity contribution in [3.63, 3.8) is 0 Å². The maximum atomic E-state index is 6.24. The summed E-state index contributed by atoms with van der Waals surface area (Å²) in [6, 6.07) is 13.5. The van der Waals surface area contributed by atoms with Crippen LogP contribution in [0.2, 0.25) is 0 Å². The molecule has 178 valence electrons. The average molecular weight is 451 g/mol. The number of benzene rings is 2. The zero-order valence-corrected chi connectivity index (χ0v) is 20.2. The molecule has 33 heavy (non-hydrogen) atoms. The molecule has 0 spiro atoms. The van der Waals surface area contributed by atoms with E-state index in [4.69, 9.17) is 14.2 Å². The molecule has 5 heteroatoms. The third-order valence-electron chi connectivity index (χ3n) is 7.73.